The van der Waals surface area contributed by atoms with E-state index in [1.807, 2.05) is 55.7 Å². The Morgan fingerprint density at radius 3 is 1.67 bits per heavy atom. The van der Waals surface area contributed by atoms with Crippen molar-refractivity contribution >= 4 is 21.5 Å². The number of tetrazole rings is 2. The van der Waals surface area contributed by atoms with Crippen molar-refractivity contribution in [2.45, 2.75) is 31.8 Å². The van der Waals surface area contributed by atoms with Crippen LogP contribution in [0.3, 0.4) is 0 Å². The lowest BCUT2D eigenvalue weighted by Gasteiger charge is -2.19. The van der Waals surface area contributed by atoms with Crippen LogP contribution in [0.5, 0.6) is 0 Å². The molecular weight excluding hydrogens is 540 g/mol. The second-order valence-electron chi connectivity index (χ2n) is 11.0. The summed E-state index contributed by atoms with van der Waals surface area (Å²) >= 11 is 0. The molecule has 2 atom stereocenters. The quantitative estimate of drug-likeness (QED) is 0.237. The topological polar surface area (TPSA) is 119 Å². The van der Waals surface area contributed by atoms with Crippen LogP contribution in [0.1, 0.15) is 42.1 Å². The molecule has 43 heavy (non-hydrogen) atoms. The lowest BCUT2D eigenvalue weighted by molar-refractivity contribution is 0.337. The van der Waals surface area contributed by atoms with Gasteiger partial charge in [0.1, 0.15) is 12.1 Å². The summed E-state index contributed by atoms with van der Waals surface area (Å²) in [7, 11) is 8.24. The number of benzene rings is 2. The van der Waals surface area contributed by atoms with E-state index >= 15 is 0 Å². The highest BCUT2D eigenvalue weighted by atomic mass is 15.6. The number of rotatable bonds is 10. The first-order chi connectivity index (χ1) is 20.9. The molecule has 0 amide bonds. The van der Waals surface area contributed by atoms with E-state index in [0.29, 0.717) is 5.82 Å². The largest absolute Gasteiger partial charge is 0.309 e. The third-order valence-electron chi connectivity index (χ3n) is 7.19. The fourth-order valence-corrected chi connectivity index (χ4v) is 5.05. The van der Waals surface area contributed by atoms with Crippen molar-refractivity contribution < 1.29 is 0 Å². The molecule has 12 heteroatoms. The minimum absolute atomic E-state index is 0.0130. The molecular formula is C31H38N12. The van der Waals surface area contributed by atoms with Crippen molar-refractivity contribution in [1.82, 2.24) is 60.2 Å². The van der Waals surface area contributed by atoms with Gasteiger partial charge in [-0.1, -0.05) is 48.5 Å². The van der Waals surface area contributed by atoms with Gasteiger partial charge < -0.3 is 9.80 Å². The first kappa shape index (κ1) is 29.8. The van der Waals surface area contributed by atoms with Gasteiger partial charge >= 0.3 is 0 Å². The van der Waals surface area contributed by atoms with Crippen LogP contribution in [0, 0.1) is 6.92 Å². The SMILES string of the molecule is CN(C)CCC(c1nccc2ccccc12)n1ncnn1.Cc1nnn(C(CCN(C)C)c2nccc3ccccc23)n1. The van der Waals surface area contributed by atoms with Crippen LogP contribution in [0.15, 0.2) is 79.4 Å². The van der Waals surface area contributed by atoms with Gasteiger partial charge in [-0.2, -0.15) is 9.59 Å². The van der Waals surface area contributed by atoms with Crippen LogP contribution >= 0.6 is 0 Å². The highest BCUT2D eigenvalue weighted by Crippen LogP contribution is 2.27. The van der Waals surface area contributed by atoms with E-state index in [4.69, 9.17) is 0 Å². The number of aromatic nitrogens is 10. The predicted molar refractivity (Wildman–Crippen MR) is 166 cm³/mol. The zero-order valence-corrected chi connectivity index (χ0v) is 25.4. The number of nitrogens with zero attached hydrogens (tertiary/aromatic N) is 12. The molecule has 0 N–H and O–H groups in total. The van der Waals surface area contributed by atoms with E-state index < -0.39 is 0 Å². The maximum atomic E-state index is 4.62. The molecule has 12 nitrogen and oxygen atoms in total. The first-order valence-corrected chi connectivity index (χ1v) is 14.4. The smallest absolute Gasteiger partial charge is 0.171 e. The molecule has 0 aliphatic rings. The average Bonchev–Trinajstić information content (AvgIpc) is 3.70. The van der Waals surface area contributed by atoms with E-state index in [1.165, 1.54) is 17.1 Å². The summed E-state index contributed by atoms with van der Waals surface area (Å²) in [5.74, 6) is 0.676. The first-order valence-electron chi connectivity index (χ1n) is 14.4. The second-order valence-corrected chi connectivity index (χ2v) is 11.0. The normalized spacial score (nSPS) is 12.9. The number of aryl methyl sites for hydroxylation is 1. The number of hydrogen-bond acceptors (Lipinski definition) is 10. The van der Waals surface area contributed by atoms with Gasteiger partial charge in [0.05, 0.1) is 11.4 Å². The Balaban J connectivity index is 0.000000171. The minimum Gasteiger partial charge on any atom is -0.309 e. The van der Waals surface area contributed by atoms with Gasteiger partial charge in [-0.15, -0.1) is 20.4 Å². The van der Waals surface area contributed by atoms with Crippen LogP contribution in [0.2, 0.25) is 0 Å². The zero-order chi connectivity index (χ0) is 30.2. The maximum absolute atomic E-state index is 4.62. The Hall–Kier alpha value is -4.68. The van der Waals surface area contributed by atoms with E-state index in [2.05, 4.69) is 103 Å². The minimum atomic E-state index is -0.0188. The summed E-state index contributed by atoms with van der Waals surface area (Å²) in [6.07, 6.45) is 6.92. The summed E-state index contributed by atoms with van der Waals surface area (Å²) in [6.45, 7) is 3.70. The Labute approximate surface area is 251 Å². The van der Waals surface area contributed by atoms with Crippen LogP contribution in [0.4, 0.5) is 0 Å². The standard InChI is InChI=1S/C16H20N6.C15H18N6/c1-12-18-20-22(19-12)15(9-11-21(2)3)16-14-7-5-4-6-13(14)8-10-17-16;1-20(2)10-8-14(21-18-11-17-19-21)15-13-6-4-3-5-12(13)7-9-16-15/h4-8,10,15H,9,11H2,1-3H3;3-7,9,11,14H,8,10H2,1-2H3. The average molecular weight is 579 g/mol. The molecule has 0 spiro atoms. The number of hydrogen-bond donors (Lipinski definition) is 0. The molecule has 0 radical (unpaired) electrons. The summed E-state index contributed by atoms with van der Waals surface area (Å²) in [4.78, 5) is 16.9. The predicted octanol–water partition coefficient (Wildman–Crippen LogP) is 3.83. The van der Waals surface area contributed by atoms with E-state index in [9.17, 15) is 0 Å². The summed E-state index contributed by atoms with van der Waals surface area (Å²) in [5.41, 5.74) is 1.99. The zero-order valence-electron chi connectivity index (χ0n) is 25.4. The van der Waals surface area contributed by atoms with Crippen molar-refractivity contribution in [2.75, 3.05) is 41.3 Å². The lowest BCUT2D eigenvalue weighted by Crippen LogP contribution is -2.22. The van der Waals surface area contributed by atoms with Crippen LogP contribution < -0.4 is 0 Å². The Morgan fingerprint density at radius 2 is 1.21 bits per heavy atom. The van der Waals surface area contributed by atoms with Crippen molar-refractivity contribution in [2.24, 2.45) is 0 Å². The summed E-state index contributed by atoms with van der Waals surface area (Å²) < 4.78 is 0. The molecule has 2 unspecified atom stereocenters. The van der Waals surface area contributed by atoms with Gasteiger partial charge in [-0.3, -0.25) is 9.97 Å². The Bertz CT molecular complexity index is 1720. The number of fused-ring (bicyclic) bond motifs is 2. The van der Waals surface area contributed by atoms with Crippen LogP contribution in [-0.4, -0.2) is 101 Å². The molecule has 6 aromatic rings. The molecule has 0 bridgehead atoms. The van der Waals surface area contributed by atoms with E-state index in [1.54, 1.807) is 9.59 Å². The van der Waals surface area contributed by atoms with Crippen LogP contribution in [0.25, 0.3) is 21.5 Å². The van der Waals surface area contributed by atoms with Crippen molar-refractivity contribution in [3.05, 3.63) is 96.6 Å². The number of pyridine rings is 2. The Kier molecular flexibility index (Phi) is 9.70. The third-order valence-corrected chi connectivity index (χ3v) is 7.19. The molecule has 2 aromatic carbocycles. The molecule has 4 aromatic heterocycles. The molecule has 0 saturated heterocycles. The van der Waals surface area contributed by atoms with Crippen molar-refractivity contribution in [3.8, 4) is 0 Å². The molecule has 0 fully saturated rings. The third kappa shape index (κ3) is 7.40. The highest BCUT2D eigenvalue weighted by Gasteiger charge is 2.21. The van der Waals surface area contributed by atoms with Gasteiger partial charge in [-0.05, 0) is 81.3 Å². The highest BCUT2D eigenvalue weighted by molar-refractivity contribution is 5.85. The van der Waals surface area contributed by atoms with E-state index in [-0.39, 0.29) is 12.1 Å². The Morgan fingerprint density at radius 1 is 0.674 bits per heavy atom. The second kappa shape index (κ2) is 14.0. The maximum Gasteiger partial charge on any atom is 0.171 e. The van der Waals surface area contributed by atoms with Gasteiger partial charge in [0.15, 0.2) is 12.2 Å². The van der Waals surface area contributed by atoms with Crippen LogP contribution in [-0.2, 0) is 0 Å². The molecule has 0 aliphatic carbocycles. The fourth-order valence-electron chi connectivity index (χ4n) is 5.05. The van der Waals surface area contributed by atoms with Gasteiger partial charge in [0.2, 0.25) is 0 Å². The van der Waals surface area contributed by atoms with Gasteiger partial charge in [0.25, 0.3) is 0 Å². The van der Waals surface area contributed by atoms with Gasteiger partial charge in [0, 0.05) is 36.3 Å². The van der Waals surface area contributed by atoms with Crippen molar-refractivity contribution in [1.29, 1.82) is 0 Å². The molecule has 4 heterocycles. The summed E-state index contributed by atoms with van der Waals surface area (Å²) in [5, 5.41) is 29.4. The molecule has 6 rings (SSSR count). The van der Waals surface area contributed by atoms with Crippen molar-refractivity contribution in [3.63, 3.8) is 0 Å². The van der Waals surface area contributed by atoms with Gasteiger partial charge in [-0.25, -0.2) is 0 Å². The molecule has 0 aliphatic heterocycles. The fraction of sp³-hybridized carbons (Fsp3) is 0.355. The lowest BCUT2D eigenvalue weighted by atomic mass is 10.0. The van der Waals surface area contributed by atoms with E-state index in [0.717, 1.165) is 48.1 Å². The molecule has 222 valence electrons. The molecule has 0 saturated carbocycles. The summed E-state index contributed by atoms with van der Waals surface area (Å²) in [6, 6.07) is 20.6. The monoisotopic (exact) mass is 578 g/mol.